The number of ketones is 1. The smallest absolute Gasteiger partial charge is 0.162 e. The van der Waals surface area contributed by atoms with Crippen LogP contribution in [0, 0.1) is 24.5 Å². The van der Waals surface area contributed by atoms with Crippen LogP contribution in [0.4, 0.5) is 8.78 Å². The van der Waals surface area contributed by atoms with Crippen molar-refractivity contribution in [1.82, 2.24) is 4.98 Å². The Morgan fingerprint density at radius 1 is 1.05 bits per heavy atom. The molecule has 2 heterocycles. The Morgan fingerprint density at radius 3 is 2.41 bits per heavy atom. The summed E-state index contributed by atoms with van der Waals surface area (Å²) in [5, 5.41) is 13.3. The third-order valence-electron chi connectivity index (χ3n) is 7.41. The number of sulfone groups is 1. The Balaban J connectivity index is 1.49. The van der Waals surface area contributed by atoms with E-state index in [4.69, 9.17) is 0 Å². The molecule has 1 aliphatic rings. The van der Waals surface area contributed by atoms with Gasteiger partial charge in [-0.05, 0) is 67.9 Å². The van der Waals surface area contributed by atoms with Crippen molar-refractivity contribution in [1.29, 1.82) is 0 Å². The molecule has 0 amide bonds. The molecule has 1 fully saturated rings. The summed E-state index contributed by atoms with van der Waals surface area (Å²) >= 11 is 0. The number of rotatable bonds is 10. The van der Waals surface area contributed by atoms with Crippen LogP contribution in [-0.2, 0) is 9.84 Å². The van der Waals surface area contributed by atoms with Gasteiger partial charge in [0.2, 0.25) is 0 Å². The molecule has 1 N–H and O–H groups in total. The summed E-state index contributed by atoms with van der Waals surface area (Å²) in [4.78, 5) is 17.0. The highest BCUT2D eigenvalue weighted by molar-refractivity contribution is 7.91. The van der Waals surface area contributed by atoms with Crippen molar-refractivity contribution in [3.63, 3.8) is 0 Å². The minimum absolute atomic E-state index is 0.0145. The molecule has 2 aromatic carbocycles. The molecular formula is C30H32F2N2O4S. The lowest BCUT2D eigenvalue weighted by atomic mass is 9.84. The third-order valence-corrected chi connectivity index (χ3v) is 9.13. The van der Waals surface area contributed by atoms with Gasteiger partial charge in [0.25, 0.3) is 0 Å². The number of aromatic nitrogens is 1. The van der Waals surface area contributed by atoms with Gasteiger partial charge in [-0.25, -0.2) is 17.2 Å². The van der Waals surface area contributed by atoms with Crippen molar-refractivity contribution in [2.75, 3.05) is 11.5 Å². The van der Waals surface area contributed by atoms with Gasteiger partial charge in [0.05, 0.1) is 17.2 Å². The monoisotopic (exact) mass is 554 g/mol. The molecule has 4 rings (SSSR count). The summed E-state index contributed by atoms with van der Waals surface area (Å²) in [6.45, 7) is 1.81. The lowest BCUT2D eigenvalue weighted by Gasteiger charge is -2.21. The molecule has 0 aliphatic carbocycles. The van der Waals surface area contributed by atoms with Crippen LogP contribution in [0.25, 0.3) is 0 Å². The third kappa shape index (κ3) is 7.56. The lowest BCUT2D eigenvalue weighted by Crippen LogP contribution is -2.23. The van der Waals surface area contributed by atoms with E-state index in [0.29, 0.717) is 54.0 Å². The number of hydrogen-bond donors (Lipinski definition) is 1. The highest BCUT2D eigenvalue weighted by Crippen LogP contribution is 2.32. The minimum atomic E-state index is -2.90. The van der Waals surface area contributed by atoms with Crippen molar-refractivity contribution in [3.8, 4) is 0 Å². The first kappa shape index (κ1) is 28.5. The molecule has 206 valence electrons. The molecule has 1 saturated heterocycles. The van der Waals surface area contributed by atoms with Crippen LogP contribution in [0.15, 0.2) is 65.9 Å². The van der Waals surface area contributed by atoms with Gasteiger partial charge in [0.15, 0.2) is 5.78 Å². The maximum Gasteiger partial charge on any atom is 0.162 e. The van der Waals surface area contributed by atoms with Gasteiger partial charge in [-0.3, -0.25) is 9.78 Å². The second-order valence-electron chi connectivity index (χ2n) is 10.2. The lowest BCUT2D eigenvalue weighted by molar-refractivity contribution is 0.0977. The Labute approximate surface area is 227 Å². The van der Waals surface area contributed by atoms with Gasteiger partial charge in [-0.1, -0.05) is 35.5 Å². The zero-order chi connectivity index (χ0) is 28.0. The van der Waals surface area contributed by atoms with E-state index in [-0.39, 0.29) is 29.3 Å². The van der Waals surface area contributed by atoms with E-state index < -0.39 is 27.4 Å². The largest absolute Gasteiger partial charge is 0.411 e. The molecule has 39 heavy (non-hydrogen) atoms. The maximum atomic E-state index is 14.9. The van der Waals surface area contributed by atoms with Crippen LogP contribution in [0.5, 0.6) is 0 Å². The second-order valence-corrected chi connectivity index (χ2v) is 12.5. The topological polar surface area (TPSA) is 96.7 Å². The maximum absolute atomic E-state index is 14.9. The molecule has 9 heteroatoms. The van der Waals surface area contributed by atoms with Crippen LogP contribution in [0.2, 0.25) is 0 Å². The standard InChI is InChI=1S/C30H32F2N2O4S/c1-20-17-24(11-14-33-20)29(34-36)19-27(26-10-9-25(31)18-28(26)32)22-5-7-23(8-6-22)30(35)4-2-3-21-12-15-39(37,38)16-13-21/h5-11,14,17-18,21,27,36H,2-4,12-13,15-16,19H2,1H3/b34-29+. The molecule has 0 radical (unpaired) electrons. The average Bonchev–Trinajstić information content (AvgIpc) is 2.91. The summed E-state index contributed by atoms with van der Waals surface area (Å²) in [6, 6.07) is 13.8. The van der Waals surface area contributed by atoms with Crippen molar-refractivity contribution >= 4 is 21.3 Å². The van der Waals surface area contributed by atoms with E-state index in [2.05, 4.69) is 10.1 Å². The Hall–Kier alpha value is -3.46. The van der Waals surface area contributed by atoms with Gasteiger partial charge in [-0.15, -0.1) is 0 Å². The van der Waals surface area contributed by atoms with E-state index in [1.165, 1.54) is 12.1 Å². The van der Waals surface area contributed by atoms with E-state index in [1.54, 1.807) is 42.6 Å². The SMILES string of the molecule is Cc1cc(/C(CC(c2ccc(C(=O)CCCC3CCS(=O)(=O)CC3)cc2)c2ccc(F)cc2F)=N/O)ccn1. The number of Topliss-reactive ketones (excluding diaryl/α,β-unsaturated/α-hetero) is 1. The first-order chi connectivity index (χ1) is 18.6. The van der Waals surface area contributed by atoms with E-state index >= 15 is 0 Å². The first-order valence-electron chi connectivity index (χ1n) is 13.1. The zero-order valence-electron chi connectivity index (χ0n) is 21.8. The number of carbonyl (C=O) groups excluding carboxylic acids is 1. The molecule has 1 aromatic heterocycles. The predicted octanol–water partition coefficient (Wildman–Crippen LogP) is 6.25. The number of aryl methyl sites for hydroxylation is 1. The number of halogens is 2. The molecular weight excluding hydrogens is 522 g/mol. The van der Waals surface area contributed by atoms with Gasteiger partial charge >= 0.3 is 0 Å². The number of nitrogens with zero attached hydrogens (tertiary/aromatic N) is 2. The summed E-state index contributed by atoms with van der Waals surface area (Å²) < 4.78 is 51.8. The highest BCUT2D eigenvalue weighted by atomic mass is 32.2. The molecule has 1 atom stereocenters. The van der Waals surface area contributed by atoms with E-state index in [0.717, 1.165) is 18.2 Å². The molecule has 6 nitrogen and oxygen atoms in total. The van der Waals surface area contributed by atoms with Gasteiger partial charge in [-0.2, -0.15) is 0 Å². The minimum Gasteiger partial charge on any atom is -0.411 e. The van der Waals surface area contributed by atoms with Crippen molar-refractivity contribution in [2.45, 2.75) is 51.4 Å². The van der Waals surface area contributed by atoms with E-state index in [1.807, 2.05) is 6.92 Å². The predicted molar refractivity (Wildman–Crippen MR) is 146 cm³/mol. The molecule has 3 aromatic rings. The highest BCUT2D eigenvalue weighted by Gasteiger charge is 2.24. The fourth-order valence-electron chi connectivity index (χ4n) is 5.15. The van der Waals surface area contributed by atoms with Crippen LogP contribution in [0.3, 0.4) is 0 Å². The average molecular weight is 555 g/mol. The number of oxime groups is 1. The van der Waals surface area contributed by atoms with Gasteiger partial charge < -0.3 is 5.21 Å². The normalized spacial score (nSPS) is 16.6. The van der Waals surface area contributed by atoms with Crippen molar-refractivity contribution < 1.29 is 27.2 Å². The number of hydrogen-bond acceptors (Lipinski definition) is 6. The van der Waals surface area contributed by atoms with Crippen LogP contribution >= 0.6 is 0 Å². The molecule has 0 bridgehead atoms. The molecule has 0 saturated carbocycles. The Morgan fingerprint density at radius 2 is 1.77 bits per heavy atom. The summed E-state index contributed by atoms with van der Waals surface area (Å²) in [7, 11) is -2.90. The number of benzene rings is 2. The van der Waals surface area contributed by atoms with Gasteiger partial charge in [0.1, 0.15) is 21.5 Å². The number of pyridine rings is 1. The summed E-state index contributed by atoms with van der Waals surface area (Å²) in [5.41, 5.74) is 3.16. The fraction of sp³-hybridized carbons (Fsp3) is 0.367. The van der Waals surface area contributed by atoms with Crippen LogP contribution < -0.4 is 0 Å². The Bertz CT molecular complexity index is 1440. The van der Waals surface area contributed by atoms with Crippen molar-refractivity contribution in [3.05, 3.63) is 100 Å². The van der Waals surface area contributed by atoms with Gasteiger partial charge in [0, 0.05) is 47.8 Å². The van der Waals surface area contributed by atoms with Crippen molar-refractivity contribution in [2.24, 2.45) is 11.1 Å². The first-order valence-corrected chi connectivity index (χ1v) is 14.9. The summed E-state index contributed by atoms with van der Waals surface area (Å²) in [6.07, 6.45) is 4.92. The zero-order valence-corrected chi connectivity index (χ0v) is 22.6. The number of carbonyl (C=O) groups is 1. The second kappa shape index (κ2) is 12.6. The van der Waals surface area contributed by atoms with E-state index in [9.17, 15) is 27.2 Å². The molecule has 1 aliphatic heterocycles. The quantitative estimate of drug-likeness (QED) is 0.138. The van der Waals surface area contributed by atoms with Crippen LogP contribution in [0.1, 0.15) is 77.2 Å². The Kier molecular flexibility index (Phi) is 9.22. The summed E-state index contributed by atoms with van der Waals surface area (Å²) in [5.74, 6) is -1.22. The molecule has 1 unspecified atom stereocenters. The van der Waals surface area contributed by atoms with Crippen LogP contribution in [-0.4, -0.2) is 41.6 Å². The fourth-order valence-corrected chi connectivity index (χ4v) is 6.74. The molecule has 0 spiro atoms.